The van der Waals surface area contributed by atoms with Crippen LogP contribution in [0.1, 0.15) is 5.56 Å². The van der Waals surface area contributed by atoms with Crippen LogP contribution in [0.25, 0.3) is 0 Å². The third-order valence-corrected chi connectivity index (χ3v) is 8.96. The number of thioether (sulfide) groups is 2. The molecule has 1 aromatic carbocycles. The van der Waals surface area contributed by atoms with Crippen LogP contribution in [-0.2, 0) is 46.3 Å². The minimum Gasteiger partial charge on any atom is -0.480 e. The highest BCUT2D eigenvalue weighted by molar-refractivity contribution is 8.01. The molecule has 0 spiro atoms. The summed E-state index contributed by atoms with van der Waals surface area (Å²) in [7, 11) is -4.43. The molecule has 236 valence electrons. The Morgan fingerprint density at radius 2 is 1.91 bits per heavy atom. The van der Waals surface area contributed by atoms with E-state index in [-0.39, 0.29) is 28.8 Å². The van der Waals surface area contributed by atoms with Crippen molar-refractivity contribution in [2.75, 3.05) is 23.4 Å². The van der Waals surface area contributed by atoms with E-state index in [1.807, 2.05) is 0 Å². The Bertz CT molecular complexity index is 1610. The van der Waals surface area contributed by atoms with Crippen LogP contribution in [-0.4, -0.2) is 114 Å². The zero-order valence-electron chi connectivity index (χ0n) is 22.2. The molecule has 4 rings (SSSR count). The molecule has 3 atom stereocenters. The first-order valence-corrected chi connectivity index (χ1v) is 15.9. The van der Waals surface area contributed by atoms with Crippen LogP contribution in [0.4, 0.5) is 10.5 Å². The van der Waals surface area contributed by atoms with Gasteiger partial charge in [-0.15, -0.1) is 16.9 Å². The number of nitrogens with one attached hydrogen (secondary N) is 2. The summed E-state index contributed by atoms with van der Waals surface area (Å²) in [4.78, 5) is 61.3. The van der Waals surface area contributed by atoms with Gasteiger partial charge in [0.15, 0.2) is 5.88 Å². The second-order valence-corrected chi connectivity index (χ2v) is 12.7. The number of carbonyl (C=O) groups excluding carboxylic acids is 3. The number of carbonyl (C=O) groups is 5. The fourth-order valence-corrected chi connectivity index (χ4v) is 6.91. The van der Waals surface area contributed by atoms with E-state index in [2.05, 4.69) is 26.2 Å². The van der Waals surface area contributed by atoms with Crippen molar-refractivity contribution < 1.29 is 51.9 Å². The molecule has 2 aliphatic rings. The predicted molar refractivity (Wildman–Crippen MR) is 151 cm³/mol. The smallest absolute Gasteiger partial charge is 0.411 e. The summed E-state index contributed by atoms with van der Waals surface area (Å²) in [6, 6.07) is 3.73. The van der Waals surface area contributed by atoms with Gasteiger partial charge < -0.3 is 26.0 Å². The molecule has 0 saturated carbocycles. The minimum absolute atomic E-state index is 0.00640. The van der Waals surface area contributed by atoms with Crippen LogP contribution >= 0.6 is 23.5 Å². The topological polar surface area (TPSA) is 286 Å². The molecule has 1 aromatic heterocycles. The van der Waals surface area contributed by atoms with Gasteiger partial charge in [-0.25, -0.2) is 14.3 Å². The summed E-state index contributed by atoms with van der Waals surface area (Å²) in [6.07, 6.45) is -1.04. The number of hydrogen-bond acceptors (Lipinski definition) is 14. The second kappa shape index (κ2) is 13.6. The molecule has 0 aliphatic carbocycles. The Balaban J connectivity index is 1.31. The van der Waals surface area contributed by atoms with Crippen LogP contribution in [0.2, 0.25) is 0 Å². The van der Waals surface area contributed by atoms with Crippen LogP contribution in [0, 0.1) is 0 Å². The minimum atomic E-state index is -4.43. The number of rotatable bonds is 13. The number of nitrogens with zero attached hydrogens (tertiary/aromatic N) is 5. The molecule has 3 heterocycles. The molecule has 0 radical (unpaired) electrons. The molecule has 44 heavy (non-hydrogen) atoms. The first-order chi connectivity index (χ1) is 20.7. The molecule has 0 bridgehead atoms. The van der Waals surface area contributed by atoms with Crippen LogP contribution in [0.3, 0.4) is 0 Å². The summed E-state index contributed by atoms with van der Waals surface area (Å²) in [5.74, 6) is -4.50. The molecule has 1 fully saturated rings. The Hall–Kier alpha value is -4.25. The summed E-state index contributed by atoms with van der Waals surface area (Å²) in [6.45, 7) is -0.526. The van der Waals surface area contributed by atoms with Gasteiger partial charge in [-0.1, -0.05) is 23.9 Å². The molecule has 22 heteroatoms. The molecule has 2 aliphatic heterocycles. The number of benzene rings is 1. The van der Waals surface area contributed by atoms with E-state index < -0.39 is 69.9 Å². The standard InChI is InChI=1S/C22H24N8O11S3/c23-13(19(33)34)6-41-22(37)24-12-3-1-10(2-4-12)5-14(31)25-15-17(32)30-16(20(35)36)11(7-42-18(15)30)8-43-21-26-27-28-29(21)9-44(38,39)40/h1-4,13,15,18H,5-9,23H2,(H,24,37)(H,25,31)(H,33,34)(H,35,36)(H,38,39,40)/t13-,15-,18+/m1/s1. The van der Waals surface area contributed by atoms with Gasteiger partial charge in [0.25, 0.3) is 16.0 Å². The van der Waals surface area contributed by atoms with E-state index >= 15 is 0 Å². The molecular formula is C22H24N8O11S3. The van der Waals surface area contributed by atoms with E-state index in [9.17, 15) is 37.5 Å². The third kappa shape index (κ3) is 8.02. The zero-order valence-corrected chi connectivity index (χ0v) is 24.7. The van der Waals surface area contributed by atoms with Gasteiger partial charge in [-0.05, 0) is 33.7 Å². The fraction of sp³-hybridized carbons (Fsp3) is 0.364. The van der Waals surface area contributed by atoms with Crippen LogP contribution < -0.4 is 16.4 Å². The number of aromatic nitrogens is 4. The number of hydrogen-bond donors (Lipinski definition) is 6. The monoisotopic (exact) mass is 672 g/mol. The molecule has 3 amide bonds. The summed E-state index contributed by atoms with van der Waals surface area (Å²) in [5, 5.41) is 33.4. The summed E-state index contributed by atoms with van der Waals surface area (Å²) >= 11 is 2.16. The van der Waals surface area contributed by atoms with Crippen LogP contribution in [0.5, 0.6) is 0 Å². The van der Waals surface area contributed by atoms with Gasteiger partial charge >= 0.3 is 18.0 Å². The van der Waals surface area contributed by atoms with Gasteiger partial charge in [0.1, 0.15) is 29.8 Å². The van der Waals surface area contributed by atoms with E-state index in [1.165, 1.54) is 23.9 Å². The van der Waals surface area contributed by atoms with Gasteiger partial charge in [0, 0.05) is 17.2 Å². The van der Waals surface area contributed by atoms with Crippen molar-refractivity contribution in [2.45, 2.75) is 34.9 Å². The van der Waals surface area contributed by atoms with Crippen molar-refractivity contribution in [3.8, 4) is 0 Å². The highest BCUT2D eigenvalue weighted by Gasteiger charge is 2.54. The largest absolute Gasteiger partial charge is 0.480 e. The van der Waals surface area contributed by atoms with Crippen molar-refractivity contribution >= 4 is 69.2 Å². The molecular weight excluding hydrogens is 648 g/mol. The number of aliphatic carboxylic acids is 2. The highest BCUT2D eigenvalue weighted by Crippen LogP contribution is 2.41. The predicted octanol–water partition coefficient (Wildman–Crippen LogP) is -1.45. The number of fused-ring (bicyclic) bond motifs is 1. The SMILES string of the molecule is N[C@H](COC(=O)Nc1ccc(CC(=O)N[C@@H]2C(=O)N3C(C(=O)O)=C(CSc4nnnn4CS(=O)(=O)O)CS[C@@H]23)cc1)C(=O)O. The van der Waals surface area contributed by atoms with Gasteiger partial charge in [-0.2, -0.15) is 8.42 Å². The third-order valence-electron chi connectivity index (χ3n) is 6.00. The van der Waals surface area contributed by atoms with E-state index in [0.717, 1.165) is 21.3 Å². The summed E-state index contributed by atoms with van der Waals surface area (Å²) < 4.78 is 36.9. The number of anilines is 1. The van der Waals surface area contributed by atoms with Crippen molar-refractivity contribution in [2.24, 2.45) is 5.73 Å². The lowest BCUT2D eigenvalue weighted by atomic mass is 10.0. The maximum Gasteiger partial charge on any atom is 0.411 e. The maximum absolute atomic E-state index is 12.9. The number of nitrogens with two attached hydrogens (primary N) is 1. The lowest BCUT2D eigenvalue weighted by Crippen LogP contribution is -2.70. The average Bonchev–Trinajstić information content (AvgIpc) is 3.38. The molecule has 7 N–H and O–H groups in total. The Morgan fingerprint density at radius 3 is 2.55 bits per heavy atom. The van der Waals surface area contributed by atoms with Gasteiger partial charge in [0.2, 0.25) is 11.1 Å². The fourth-order valence-electron chi connectivity index (χ4n) is 3.99. The second-order valence-electron chi connectivity index (χ2n) is 9.21. The van der Waals surface area contributed by atoms with Gasteiger partial charge in [-0.3, -0.25) is 29.2 Å². The highest BCUT2D eigenvalue weighted by atomic mass is 32.2. The number of β-lactam (4-membered cyclic amide) rings is 1. The van der Waals surface area contributed by atoms with E-state index in [0.29, 0.717) is 16.8 Å². The van der Waals surface area contributed by atoms with E-state index in [4.69, 9.17) is 20.1 Å². The van der Waals surface area contributed by atoms with Crippen molar-refractivity contribution in [1.82, 2.24) is 30.4 Å². The number of tetrazole rings is 1. The first kappa shape index (κ1) is 32.7. The maximum atomic E-state index is 12.9. The quantitative estimate of drug-likeness (QED) is 0.0806. The average molecular weight is 673 g/mol. The Labute approximate surface area is 256 Å². The molecule has 19 nitrogen and oxygen atoms in total. The molecule has 0 unspecified atom stereocenters. The van der Waals surface area contributed by atoms with Crippen molar-refractivity contribution in [3.63, 3.8) is 0 Å². The Kier molecular flexibility index (Phi) is 10.1. The van der Waals surface area contributed by atoms with Crippen molar-refractivity contribution in [3.05, 3.63) is 41.1 Å². The van der Waals surface area contributed by atoms with Gasteiger partial charge in [0.05, 0.1) is 6.42 Å². The molecule has 1 saturated heterocycles. The number of ether oxygens (including phenoxy) is 1. The Morgan fingerprint density at radius 1 is 1.20 bits per heavy atom. The lowest BCUT2D eigenvalue weighted by molar-refractivity contribution is -0.150. The number of amides is 3. The number of carboxylic acids is 2. The van der Waals surface area contributed by atoms with Crippen LogP contribution in [0.15, 0.2) is 40.7 Å². The zero-order chi connectivity index (χ0) is 32.2. The number of carboxylic acid groups (broad SMARTS) is 2. The summed E-state index contributed by atoms with van der Waals surface area (Å²) in [5.41, 5.74) is 6.21. The normalized spacial score (nSPS) is 18.6. The van der Waals surface area contributed by atoms with Crippen molar-refractivity contribution in [1.29, 1.82) is 0 Å². The lowest BCUT2D eigenvalue weighted by Gasteiger charge is -2.49. The van der Waals surface area contributed by atoms with E-state index in [1.54, 1.807) is 12.1 Å². The molecule has 2 aromatic rings. The first-order valence-electron chi connectivity index (χ1n) is 12.3.